The van der Waals surface area contributed by atoms with E-state index in [2.05, 4.69) is 10.6 Å². The number of hydrogen-bond acceptors (Lipinski definition) is 6. The number of carbonyl (C=O) groups is 2. The van der Waals surface area contributed by atoms with E-state index < -0.39 is 5.91 Å². The van der Waals surface area contributed by atoms with Crippen LogP contribution in [-0.4, -0.2) is 25.8 Å². The Kier molecular flexibility index (Phi) is 7.34. The van der Waals surface area contributed by atoms with Gasteiger partial charge in [0.1, 0.15) is 21.8 Å². The molecule has 224 valence electrons. The lowest BCUT2D eigenvalue weighted by Gasteiger charge is -2.15. The number of nitrogens with zero attached hydrogens (tertiary/aromatic N) is 3. The number of benzene rings is 2. The van der Waals surface area contributed by atoms with Gasteiger partial charge in [-0.25, -0.2) is 4.98 Å². The van der Waals surface area contributed by atoms with Gasteiger partial charge in [0.2, 0.25) is 0 Å². The first-order chi connectivity index (χ1) is 21.9. The normalized spacial score (nSPS) is 12.6. The Morgan fingerprint density at radius 1 is 0.933 bits per heavy atom. The van der Waals surface area contributed by atoms with Crippen LogP contribution in [0.15, 0.2) is 89.9 Å². The third-order valence-corrected chi connectivity index (χ3v) is 9.39. The van der Waals surface area contributed by atoms with Gasteiger partial charge < -0.3 is 15.2 Å². The summed E-state index contributed by atoms with van der Waals surface area (Å²) in [5, 5.41) is 15.8. The van der Waals surface area contributed by atoms with Gasteiger partial charge in [0.05, 0.1) is 23.1 Å². The molecule has 0 unspecified atom stereocenters. The Morgan fingerprint density at radius 2 is 1.69 bits per heavy atom. The van der Waals surface area contributed by atoms with Crippen LogP contribution >= 0.6 is 11.3 Å². The van der Waals surface area contributed by atoms with Gasteiger partial charge >= 0.3 is 0 Å². The number of amides is 2. The number of pyridine rings is 2. The van der Waals surface area contributed by atoms with E-state index in [4.69, 9.17) is 4.98 Å². The molecule has 4 aromatic heterocycles. The molecule has 6 aromatic rings. The molecule has 1 aliphatic carbocycles. The van der Waals surface area contributed by atoms with E-state index in [1.807, 2.05) is 61.5 Å². The smallest absolute Gasteiger partial charge is 0.267 e. The molecule has 4 heterocycles. The molecule has 0 atom stereocenters. The lowest BCUT2D eigenvalue weighted by Crippen LogP contribution is -2.32. The van der Waals surface area contributed by atoms with Crippen LogP contribution in [0, 0.1) is 12.3 Å². The maximum Gasteiger partial charge on any atom is 0.267 e. The SMILES string of the molecule is Cc1ccc(Cn2c(=N)c(C(=O)Nc3sc4c(c3C(=O)Nc3ccccc3)CCCC4)cc3c(=O)n4ccccc4nc32)cc1. The summed E-state index contributed by atoms with van der Waals surface area (Å²) in [7, 11) is 0. The number of hydrogen-bond donors (Lipinski definition) is 3. The molecule has 0 aliphatic heterocycles. The summed E-state index contributed by atoms with van der Waals surface area (Å²) in [5.41, 5.74) is 4.45. The first kappa shape index (κ1) is 28.4. The second kappa shape index (κ2) is 11.6. The van der Waals surface area contributed by atoms with E-state index in [0.717, 1.165) is 47.3 Å². The third kappa shape index (κ3) is 5.33. The summed E-state index contributed by atoms with van der Waals surface area (Å²) in [6.07, 6.45) is 5.22. The molecule has 9 nitrogen and oxygen atoms in total. The fourth-order valence-electron chi connectivity index (χ4n) is 5.87. The highest BCUT2D eigenvalue weighted by molar-refractivity contribution is 7.17. The van der Waals surface area contributed by atoms with E-state index in [0.29, 0.717) is 27.5 Å². The van der Waals surface area contributed by atoms with Gasteiger partial charge in [-0.3, -0.25) is 24.2 Å². The molecule has 0 saturated carbocycles. The zero-order chi connectivity index (χ0) is 31.1. The zero-order valence-corrected chi connectivity index (χ0v) is 25.4. The third-order valence-electron chi connectivity index (χ3n) is 8.18. The highest BCUT2D eigenvalue weighted by Gasteiger charge is 2.28. The van der Waals surface area contributed by atoms with Crippen molar-refractivity contribution >= 4 is 50.5 Å². The van der Waals surface area contributed by atoms with Crippen molar-refractivity contribution in [2.24, 2.45) is 0 Å². The summed E-state index contributed by atoms with van der Waals surface area (Å²) < 4.78 is 3.04. The van der Waals surface area contributed by atoms with Gasteiger partial charge in [0, 0.05) is 16.8 Å². The number of thiophene rings is 1. The number of anilines is 2. The predicted molar refractivity (Wildman–Crippen MR) is 176 cm³/mol. The molecular formula is C35H30N6O3S. The van der Waals surface area contributed by atoms with Crippen molar-refractivity contribution in [3.8, 4) is 0 Å². The minimum atomic E-state index is -0.565. The van der Waals surface area contributed by atoms with Crippen LogP contribution in [0.3, 0.4) is 0 Å². The molecule has 2 aromatic carbocycles. The van der Waals surface area contributed by atoms with Crippen molar-refractivity contribution in [1.82, 2.24) is 14.0 Å². The van der Waals surface area contributed by atoms with Crippen LogP contribution < -0.4 is 21.7 Å². The highest BCUT2D eigenvalue weighted by Crippen LogP contribution is 2.38. The first-order valence-electron chi connectivity index (χ1n) is 14.8. The number of carbonyl (C=O) groups excluding carboxylic acids is 2. The van der Waals surface area contributed by atoms with E-state index in [1.54, 1.807) is 29.0 Å². The molecule has 3 N–H and O–H groups in total. The first-order valence-corrected chi connectivity index (χ1v) is 15.7. The second-order valence-electron chi connectivity index (χ2n) is 11.3. The van der Waals surface area contributed by atoms with Gasteiger partial charge in [-0.05, 0) is 74.1 Å². The molecule has 10 heteroatoms. The van der Waals surface area contributed by atoms with Gasteiger partial charge in [0.25, 0.3) is 17.4 Å². The zero-order valence-electron chi connectivity index (χ0n) is 24.6. The number of para-hydroxylation sites is 1. The summed E-state index contributed by atoms with van der Waals surface area (Å²) in [6.45, 7) is 2.24. The van der Waals surface area contributed by atoms with Gasteiger partial charge in [-0.1, -0.05) is 54.1 Å². The van der Waals surface area contributed by atoms with Crippen LogP contribution in [0.2, 0.25) is 0 Å². The fourth-order valence-corrected chi connectivity index (χ4v) is 7.15. The second-order valence-corrected chi connectivity index (χ2v) is 12.4. The van der Waals surface area contributed by atoms with Crippen LogP contribution in [0.4, 0.5) is 10.7 Å². The number of aromatic nitrogens is 3. The Hall–Kier alpha value is -5.35. The molecule has 0 spiro atoms. The molecule has 0 fully saturated rings. The standard InChI is InChI=1S/C35H30N6O3S/c1-21-14-16-22(17-15-21)20-41-30(36)25(19-26-31(41)38-28-13-7-8-18-40(28)35(26)44)32(42)39-34-29(24-11-5-6-12-27(24)45-34)33(43)37-23-9-3-2-4-10-23/h2-4,7-10,13-19,36H,5-6,11-12,20H2,1H3,(H,37,43)(H,39,42). The molecule has 2 amide bonds. The van der Waals surface area contributed by atoms with Crippen LogP contribution in [0.25, 0.3) is 16.7 Å². The molecule has 7 rings (SSSR count). The minimum absolute atomic E-state index is 0.0187. The number of rotatable bonds is 6. The Labute approximate surface area is 262 Å². The van der Waals surface area contributed by atoms with Crippen molar-refractivity contribution in [1.29, 1.82) is 5.41 Å². The quantitative estimate of drug-likeness (QED) is 0.201. The van der Waals surface area contributed by atoms with Gasteiger partial charge in [0.15, 0.2) is 0 Å². The van der Waals surface area contributed by atoms with E-state index in [9.17, 15) is 19.8 Å². The highest BCUT2D eigenvalue weighted by atomic mass is 32.1. The van der Waals surface area contributed by atoms with Crippen molar-refractivity contribution in [2.45, 2.75) is 39.2 Å². The molecule has 0 bridgehead atoms. The monoisotopic (exact) mass is 614 g/mol. The van der Waals surface area contributed by atoms with E-state index in [1.165, 1.54) is 21.8 Å². The number of nitrogens with one attached hydrogen (secondary N) is 3. The number of fused-ring (bicyclic) bond motifs is 3. The fraction of sp³-hybridized carbons (Fsp3) is 0.171. The molecule has 0 saturated heterocycles. The van der Waals surface area contributed by atoms with Crippen LogP contribution in [0.1, 0.15) is 55.1 Å². The largest absolute Gasteiger partial charge is 0.322 e. The Morgan fingerprint density at radius 3 is 2.49 bits per heavy atom. The lowest BCUT2D eigenvalue weighted by molar-refractivity contribution is 0.102. The maximum absolute atomic E-state index is 14.1. The topological polar surface area (TPSA) is 121 Å². The number of aryl methyl sites for hydroxylation is 2. The average molecular weight is 615 g/mol. The molecule has 0 radical (unpaired) electrons. The molecule has 1 aliphatic rings. The van der Waals surface area contributed by atoms with Gasteiger partial charge in [-0.2, -0.15) is 0 Å². The summed E-state index contributed by atoms with van der Waals surface area (Å²) in [6, 6.07) is 23.8. The Balaban J connectivity index is 1.34. The van der Waals surface area contributed by atoms with Gasteiger partial charge in [-0.15, -0.1) is 11.3 Å². The predicted octanol–water partition coefficient (Wildman–Crippen LogP) is 5.93. The molecule has 45 heavy (non-hydrogen) atoms. The average Bonchev–Trinajstić information content (AvgIpc) is 3.42. The van der Waals surface area contributed by atoms with Crippen LogP contribution in [-0.2, 0) is 19.4 Å². The maximum atomic E-state index is 14.1. The van der Waals surface area contributed by atoms with Crippen molar-refractivity contribution in [3.05, 3.63) is 134 Å². The summed E-state index contributed by atoms with van der Waals surface area (Å²) >= 11 is 1.41. The Bertz CT molecular complexity index is 2230. The van der Waals surface area contributed by atoms with Crippen molar-refractivity contribution < 1.29 is 9.59 Å². The molecular weight excluding hydrogens is 584 g/mol. The minimum Gasteiger partial charge on any atom is -0.322 e. The summed E-state index contributed by atoms with van der Waals surface area (Å²) in [5.74, 6) is -0.853. The van der Waals surface area contributed by atoms with Crippen LogP contribution in [0.5, 0.6) is 0 Å². The van der Waals surface area contributed by atoms with Crippen molar-refractivity contribution in [2.75, 3.05) is 10.6 Å². The van der Waals surface area contributed by atoms with Crippen molar-refractivity contribution in [3.63, 3.8) is 0 Å². The van der Waals surface area contributed by atoms with E-state index >= 15 is 0 Å². The summed E-state index contributed by atoms with van der Waals surface area (Å²) in [4.78, 5) is 47.2. The lowest BCUT2D eigenvalue weighted by atomic mass is 9.95. The van der Waals surface area contributed by atoms with E-state index in [-0.39, 0.29) is 34.4 Å².